The Kier molecular flexibility index (Phi) is 6.07. The quantitative estimate of drug-likeness (QED) is 0.659. The first-order chi connectivity index (χ1) is 5.92. The first-order valence-electron chi connectivity index (χ1n) is 4.27. The Morgan fingerprint density at radius 1 is 1.31 bits per heavy atom. The van der Waals surface area contributed by atoms with Crippen LogP contribution in [0, 0.1) is 5.92 Å². The van der Waals surface area contributed by atoms with Gasteiger partial charge in [0.25, 0.3) is 0 Å². The van der Waals surface area contributed by atoms with Crippen LogP contribution in [0.15, 0.2) is 0 Å². The highest BCUT2D eigenvalue weighted by Crippen LogP contribution is 2.13. The number of nitrogens with one attached hydrogen (secondary N) is 1. The molecule has 0 heterocycles. The number of halogens is 3. The second kappa shape index (κ2) is 6.21. The van der Waals surface area contributed by atoms with Crippen molar-refractivity contribution in [2.45, 2.75) is 20.0 Å². The fourth-order valence-electron chi connectivity index (χ4n) is 0.723. The van der Waals surface area contributed by atoms with E-state index in [0.717, 1.165) is 6.54 Å². The van der Waals surface area contributed by atoms with Gasteiger partial charge >= 0.3 is 6.18 Å². The molecule has 0 aliphatic carbocycles. The van der Waals surface area contributed by atoms with Crippen LogP contribution in [0.3, 0.4) is 0 Å². The van der Waals surface area contributed by atoms with E-state index in [2.05, 4.69) is 10.1 Å². The molecule has 0 rings (SSSR count). The summed E-state index contributed by atoms with van der Waals surface area (Å²) in [7, 11) is 0. The molecule has 0 spiro atoms. The molecule has 1 N–H and O–H groups in total. The zero-order chi connectivity index (χ0) is 10.3. The second-order valence-electron chi connectivity index (χ2n) is 3.27. The SMILES string of the molecule is CC(C)CNCCOCC(F)(F)F. The van der Waals surface area contributed by atoms with Gasteiger partial charge in [0.15, 0.2) is 0 Å². The number of rotatable bonds is 6. The summed E-state index contributed by atoms with van der Waals surface area (Å²) in [5, 5.41) is 2.98. The molecule has 0 aromatic carbocycles. The minimum absolute atomic E-state index is 0.103. The van der Waals surface area contributed by atoms with Gasteiger partial charge in [-0.05, 0) is 12.5 Å². The summed E-state index contributed by atoms with van der Waals surface area (Å²) < 4.78 is 39.0. The van der Waals surface area contributed by atoms with Crippen LogP contribution in [0.5, 0.6) is 0 Å². The molecule has 0 saturated heterocycles. The molecule has 0 aromatic rings. The van der Waals surface area contributed by atoms with Gasteiger partial charge in [-0.1, -0.05) is 13.8 Å². The predicted molar refractivity (Wildman–Crippen MR) is 44.6 cm³/mol. The third-order valence-electron chi connectivity index (χ3n) is 1.24. The molecule has 0 fully saturated rings. The van der Waals surface area contributed by atoms with E-state index in [0.29, 0.717) is 12.5 Å². The summed E-state index contributed by atoms with van der Waals surface area (Å²) in [5.74, 6) is 0.502. The molecular weight excluding hydrogens is 183 g/mol. The zero-order valence-electron chi connectivity index (χ0n) is 7.95. The molecule has 0 saturated carbocycles. The van der Waals surface area contributed by atoms with E-state index in [1.165, 1.54) is 0 Å². The standard InChI is InChI=1S/C8H16F3NO/c1-7(2)5-12-3-4-13-6-8(9,10)11/h7,12H,3-6H2,1-2H3. The van der Waals surface area contributed by atoms with Crippen LogP contribution in [0.1, 0.15) is 13.8 Å². The first-order valence-corrected chi connectivity index (χ1v) is 4.27. The smallest absolute Gasteiger partial charge is 0.371 e. The lowest BCUT2D eigenvalue weighted by atomic mass is 10.2. The fraction of sp³-hybridized carbons (Fsp3) is 1.00. The molecule has 0 bridgehead atoms. The Bertz CT molecular complexity index is 125. The van der Waals surface area contributed by atoms with Crippen molar-refractivity contribution >= 4 is 0 Å². The third-order valence-corrected chi connectivity index (χ3v) is 1.24. The topological polar surface area (TPSA) is 21.3 Å². The van der Waals surface area contributed by atoms with Crippen molar-refractivity contribution in [3.8, 4) is 0 Å². The van der Waals surface area contributed by atoms with Crippen LogP contribution in [0.2, 0.25) is 0 Å². The molecule has 0 unspecified atom stereocenters. The van der Waals surface area contributed by atoms with Gasteiger partial charge in [0, 0.05) is 6.54 Å². The minimum Gasteiger partial charge on any atom is -0.371 e. The molecular formula is C8H16F3NO. The average Bonchev–Trinajstić information content (AvgIpc) is 1.93. The van der Waals surface area contributed by atoms with E-state index in [1.54, 1.807) is 0 Å². The van der Waals surface area contributed by atoms with Crippen LogP contribution in [0.4, 0.5) is 13.2 Å². The summed E-state index contributed by atoms with van der Waals surface area (Å²) in [6.45, 7) is 4.28. The monoisotopic (exact) mass is 199 g/mol. The maximum atomic E-state index is 11.5. The van der Waals surface area contributed by atoms with Crippen LogP contribution < -0.4 is 5.32 Å². The van der Waals surface area contributed by atoms with Crippen LogP contribution in [-0.4, -0.2) is 32.5 Å². The average molecular weight is 199 g/mol. The predicted octanol–water partition coefficient (Wildman–Crippen LogP) is 1.81. The van der Waals surface area contributed by atoms with Crippen molar-refractivity contribution in [1.82, 2.24) is 5.32 Å². The third kappa shape index (κ3) is 11.7. The van der Waals surface area contributed by atoms with E-state index < -0.39 is 12.8 Å². The van der Waals surface area contributed by atoms with Gasteiger partial charge in [0.1, 0.15) is 6.61 Å². The number of alkyl halides is 3. The van der Waals surface area contributed by atoms with Crippen LogP contribution in [0.25, 0.3) is 0 Å². The van der Waals surface area contributed by atoms with E-state index >= 15 is 0 Å². The number of hydrogen-bond donors (Lipinski definition) is 1. The van der Waals surface area contributed by atoms with E-state index in [1.807, 2.05) is 13.8 Å². The highest BCUT2D eigenvalue weighted by atomic mass is 19.4. The Morgan fingerprint density at radius 2 is 1.92 bits per heavy atom. The Hall–Kier alpha value is -0.290. The van der Waals surface area contributed by atoms with E-state index in [-0.39, 0.29) is 6.61 Å². The molecule has 0 atom stereocenters. The van der Waals surface area contributed by atoms with Crippen molar-refractivity contribution in [2.75, 3.05) is 26.3 Å². The van der Waals surface area contributed by atoms with E-state index in [9.17, 15) is 13.2 Å². The van der Waals surface area contributed by atoms with Gasteiger partial charge in [-0.2, -0.15) is 13.2 Å². The molecule has 0 aromatic heterocycles. The highest BCUT2D eigenvalue weighted by Gasteiger charge is 2.27. The minimum atomic E-state index is -4.21. The van der Waals surface area contributed by atoms with Crippen molar-refractivity contribution in [2.24, 2.45) is 5.92 Å². The van der Waals surface area contributed by atoms with Crippen molar-refractivity contribution in [3.05, 3.63) is 0 Å². The lowest BCUT2D eigenvalue weighted by molar-refractivity contribution is -0.173. The van der Waals surface area contributed by atoms with Crippen LogP contribution in [-0.2, 0) is 4.74 Å². The molecule has 5 heteroatoms. The Morgan fingerprint density at radius 3 is 2.38 bits per heavy atom. The van der Waals surface area contributed by atoms with Gasteiger partial charge in [0.05, 0.1) is 6.61 Å². The lowest BCUT2D eigenvalue weighted by Crippen LogP contribution is -2.26. The van der Waals surface area contributed by atoms with Gasteiger partial charge in [-0.3, -0.25) is 0 Å². The summed E-state index contributed by atoms with van der Waals surface area (Å²) in [4.78, 5) is 0. The lowest BCUT2D eigenvalue weighted by Gasteiger charge is -2.09. The highest BCUT2D eigenvalue weighted by molar-refractivity contribution is 4.51. The fourth-order valence-corrected chi connectivity index (χ4v) is 0.723. The maximum absolute atomic E-state index is 11.5. The van der Waals surface area contributed by atoms with Gasteiger partial charge < -0.3 is 10.1 Å². The summed E-state index contributed by atoms with van der Waals surface area (Å²) in [6.07, 6.45) is -4.21. The number of ether oxygens (including phenoxy) is 1. The zero-order valence-corrected chi connectivity index (χ0v) is 7.95. The van der Waals surface area contributed by atoms with Gasteiger partial charge in [-0.25, -0.2) is 0 Å². The number of hydrogen-bond acceptors (Lipinski definition) is 2. The Labute approximate surface area is 76.5 Å². The van der Waals surface area contributed by atoms with Crippen molar-refractivity contribution in [3.63, 3.8) is 0 Å². The van der Waals surface area contributed by atoms with Gasteiger partial charge in [-0.15, -0.1) is 0 Å². The molecule has 13 heavy (non-hydrogen) atoms. The molecule has 0 aliphatic heterocycles. The van der Waals surface area contributed by atoms with E-state index in [4.69, 9.17) is 0 Å². The van der Waals surface area contributed by atoms with Crippen LogP contribution >= 0.6 is 0 Å². The largest absolute Gasteiger partial charge is 0.411 e. The molecule has 80 valence electrons. The van der Waals surface area contributed by atoms with Crippen molar-refractivity contribution < 1.29 is 17.9 Å². The molecule has 0 aliphatic rings. The molecule has 2 nitrogen and oxygen atoms in total. The first kappa shape index (κ1) is 12.7. The second-order valence-corrected chi connectivity index (χ2v) is 3.27. The molecule has 0 radical (unpaired) electrons. The van der Waals surface area contributed by atoms with Crippen molar-refractivity contribution in [1.29, 1.82) is 0 Å². The summed E-state index contributed by atoms with van der Waals surface area (Å²) >= 11 is 0. The van der Waals surface area contributed by atoms with Gasteiger partial charge in [0.2, 0.25) is 0 Å². The Balaban J connectivity index is 3.09. The summed E-state index contributed by atoms with van der Waals surface area (Å²) in [5.41, 5.74) is 0. The normalized spacial score (nSPS) is 12.5. The summed E-state index contributed by atoms with van der Waals surface area (Å²) in [6, 6.07) is 0. The maximum Gasteiger partial charge on any atom is 0.411 e. The molecule has 0 amide bonds.